The van der Waals surface area contributed by atoms with Crippen LogP contribution in [0.3, 0.4) is 0 Å². The van der Waals surface area contributed by atoms with Gasteiger partial charge in [-0.05, 0) is 19.9 Å². The minimum Gasteiger partial charge on any atom is -0.346 e. The van der Waals surface area contributed by atoms with Crippen LogP contribution in [-0.4, -0.2) is 24.1 Å². The fourth-order valence-corrected chi connectivity index (χ4v) is 1.99. The van der Waals surface area contributed by atoms with Crippen molar-refractivity contribution in [2.45, 2.75) is 25.7 Å². The van der Waals surface area contributed by atoms with Crippen molar-refractivity contribution in [2.24, 2.45) is 4.99 Å². The lowest BCUT2D eigenvalue weighted by molar-refractivity contribution is -0.280. The molecule has 0 aromatic carbocycles. The Morgan fingerprint density at radius 3 is 2.78 bits per heavy atom. The normalized spacial score (nSPS) is 22.5. The van der Waals surface area contributed by atoms with Crippen molar-refractivity contribution in [3.63, 3.8) is 0 Å². The summed E-state index contributed by atoms with van der Waals surface area (Å²) >= 11 is 0. The van der Waals surface area contributed by atoms with Crippen LogP contribution in [0.5, 0.6) is 0 Å². The molecule has 0 saturated carbocycles. The summed E-state index contributed by atoms with van der Waals surface area (Å²) in [5.74, 6) is 0. The summed E-state index contributed by atoms with van der Waals surface area (Å²) in [5, 5.41) is 2.68. The van der Waals surface area contributed by atoms with Gasteiger partial charge in [-0.3, -0.25) is 4.98 Å². The average molecular weight is 259 g/mol. The van der Waals surface area contributed by atoms with E-state index in [-0.39, 0.29) is 17.9 Å². The molecule has 1 aromatic heterocycles. The number of rotatable bonds is 2. The molecule has 1 N–H and O–H groups in total. The van der Waals surface area contributed by atoms with Crippen LogP contribution in [0.2, 0.25) is 0 Å². The molecular weight excluding hydrogens is 247 g/mol. The molecule has 0 fully saturated rings. The molecule has 7 heteroatoms. The zero-order valence-electron chi connectivity index (χ0n) is 9.88. The van der Waals surface area contributed by atoms with Gasteiger partial charge in [0.15, 0.2) is 0 Å². The van der Waals surface area contributed by atoms with Crippen molar-refractivity contribution in [3.05, 3.63) is 23.5 Å². The fourth-order valence-electron chi connectivity index (χ4n) is 1.99. The highest BCUT2D eigenvalue weighted by molar-refractivity contribution is 5.81. The topological polar surface area (TPSA) is 46.5 Å². The quantitative estimate of drug-likeness (QED) is 0.888. The van der Waals surface area contributed by atoms with E-state index in [1.54, 1.807) is 0 Å². The summed E-state index contributed by atoms with van der Waals surface area (Å²) in [5.41, 5.74) is -2.20. The van der Waals surface area contributed by atoms with E-state index >= 15 is 0 Å². The predicted octanol–water partition coefficient (Wildman–Crippen LogP) is 2.60. The van der Waals surface area contributed by atoms with Crippen molar-refractivity contribution < 1.29 is 17.9 Å². The Labute approximate surface area is 102 Å². The van der Waals surface area contributed by atoms with Gasteiger partial charge in [0, 0.05) is 18.5 Å². The molecule has 0 saturated heterocycles. The van der Waals surface area contributed by atoms with Gasteiger partial charge in [0.25, 0.3) is 5.72 Å². The van der Waals surface area contributed by atoms with E-state index in [1.165, 1.54) is 26.1 Å². The monoisotopic (exact) mass is 259 g/mol. The predicted molar refractivity (Wildman–Crippen MR) is 60.4 cm³/mol. The molecule has 1 aliphatic heterocycles. The van der Waals surface area contributed by atoms with Crippen LogP contribution in [0.4, 0.5) is 18.9 Å². The Morgan fingerprint density at radius 2 is 2.17 bits per heavy atom. The van der Waals surface area contributed by atoms with E-state index in [0.29, 0.717) is 5.69 Å². The van der Waals surface area contributed by atoms with Crippen LogP contribution in [0.25, 0.3) is 0 Å². The van der Waals surface area contributed by atoms with Crippen molar-refractivity contribution in [2.75, 3.05) is 11.9 Å². The molecule has 18 heavy (non-hydrogen) atoms. The number of nitrogens with one attached hydrogen (secondary N) is 1. The van der Waals surface area contributed by atoms with Gasteiger partial charge in [-0.25, -0.2) is 4.99 Å². The number of hydrogen-bond donors (Lipinski definition) is 1. The number of anilines is 1. The molecule has 98 valence electrons. The molecule has 1 aromatic rings. The third kappa shape index (κ3) is 1.74. The van der Waals surface area contributed by atoms with Crippen LogP contribution in [0.1, 0.15) is 18.2 Å². The first-order valence-corrected chi connectivity index (χ1v) is 5.39. The number of pyridine rings is 1. The van der Waals surface area contributed by atoms with Crippen LogP contribution in [0, 0.1) is 6.92 Å². The fraction of sp³-hybridized carbons (Fsp3) is 0.455. The van der Waals surface area contributed by atoms with Crippen molar-refractivity contribution >= 4 is 12.0 Å². The number of hydrogen-bond acceptors (Lipinski definition) is 4. The van der Waals surface area contributed by atoms with Crippen molar-refractivity contribution in [1.29, 1.82) is 0 Å². The van der Waals surface area contributed by atoms with E-state index in [4.69, 9.17) is 4.74 Å². The number of halogens is 3. The zero-order chi connectivity index (χ0) is 13.4. The minimum atomic E-state index is -4.65. The highest BCUT2D eigenvalue weighted by atomic mass is 19.4. The summed E-state index contributed by atoms with van der Waals surface area (Å²) in [7, 11) is 0. The maximum atomic E-state index is 13.3. The molecule has 4 nitrogen and oxygen atoms in total. The van der Waals surface area contributed by atoms with E-state index in [2.05, 4.69) is 15.3 Å². The molecule has 1 aliphatic rings. The lowest BCUT2D eigenvalue weighted by Gasteiger charge is -2.36. The smallest absolute Gasteiger partial charge is 0.346 e. The first-order chi connectivity index (χ1) is 8.42. The summed E-state index contributed by atoms with van der Waals surface area (Å²) < 4.78 is 45.0. The molecule has 0 bridgehead atoms. The highest BCUT2D eigenvalue weighted by Gasteiger charge is 2.60. The van der Waals surface area contributed by atoms with Crippen LogP contribution in [0.15, 0.2) is 17.3 Å². The molecule has 0 amide bonds. The molecule has 2 rings (SSSR count). The molecular formula is C11H12F3N3O. The number of aliphatic imine (C=N–C) groups is 1. The van der Waals surface area contributed by atoms with Gasteiger partial charge in [-0.15, -0.1) is 0 Å². The molecule has 0 radical (unpaired) electrons. The molecule has 1 unspecified atom stereocenters. The van der Waals surface area contributed by atoms with Gasteiger partial charge in [0.1, 0.15) is 0 Å². The second-order valence-electron chi connectivity index (χ2n) is 3.80. The SMILES string of the molecule is CCOC1(C(F)(F)F)N=CNc2ccnc(C)c21. The third-order valence-electron chi connectivity index (χ3n) is 2.68. The van der Waals surface area contributed by atoms with Gasteiger partial charge in [0.2, 0.25) is 0 Å². The maximum absolute atomic E-state index is 13.3. The van der Waals surface area contributed by atoms with Crippen molar-refractivity contribution in [1.82, 2.24) is 4.98 Å². The van der Waals surface area contributed by atoms with Gasteiger partial charge in [-0.2, -0.15) is 13.2 Å². The summed E-state index contributed by atoms with van der Waals surface area (Å²) in [6.07, 6.45) is -2.21. The Hall–Kier alpha value is -1.63. The number of nitrogens with zero attached hydrogens (tertiary/aromatic N) is 2. The zero-order valence-corrected chi connectivity index (χ0v) is 9.88. The Balaban J connectivity index is 2.69. The summed E-state index contributed by atoms with van der Waals surface area (Å²) in [6, 6.07) is 1.47. The summed E-state index contributed by atoms with van der Waals surface area (Å²) in [6.45, 7) is 2.89. The van der Waals surface area contributed by atoms with Gasteiger partial charge in [-0.1, -0.05) is 0 Å². The Bertz CT molecular complexity index is 487. The Morgan fingerprint density at radius 1 is 1.44 bits per heavy atom. The van der Waals surface area contributed by atoms with E-state index in [0.717, 1.165) is 6.34 Å². The second-order valence-corrected chi connectivity index (χ2v) is 3.80. The van der Waals surface area contributed by atoms with Crippen LogP contribution < -0.4 is 5.32 Å². The summed E-state index contributed by atoms with van der Waals surface area (Å²) in [4.78, 5) is 7.39. The largest absolute Gasteiger partial charge is 0.443 e. The van der Waals surface area contributed by atoms with E-state index in [9.17, 15) is 13.2 Å². The maximum Gasteiger partial charge on any atom is 0.443 e. The number of aryl methyl sites for hydroxylation is 1. The van der Waals surface area contributed by atoms with E-state index < -0.39 is 11.9 Å². The lowest BCUT2D eigenvalue weighted by Crippen LogP contribution is -2.46. The number of fused-ring (bicyclic) bond motifs is 1. The lowest BCUT2D eigenvalue weighted by atomic mass is 9.97. The van der Waals surface area contributed by atoms with Crippen LogP contribution >= 0.6 is 0 Å². The second kappa shape index (κ2) is 4.24. The van der Waals surface area contributed by atoms with Gasteiger partial charge in [0.05, 0.1) is 17.6 Å². The Kier molecular flexibility index (Phi) is 3.02. The van der Waals surface area contributed by atoms with Crippen molar-refractivity contribution in [3.8, 4) is 0 Å². The van der Waals surface area contributed by atoms with Gasteiger partial charge < -0.3 is 10.1 Å². The molecule has 1 atom stereocenters. The number of aromatic nitrogens is 1. The number of alkyl halides is 3. The average Bonchev–Trinajstić information content (AvgIpc) is 2.28. The first-order valence-electron chi connectivity index (χ1n) is 5.39. The highest BCUT2D eigenvalue weighted by Crippen LogP contribution is 2.48. The van der Waals surface area contributed by atoms with E-state index in [1.807, 2.05) is 0 Å². The molecule has 0 aliphatic carbocycles. The van der Waals surface area contributed by atoms with Crippen LogP contribution in [-0.2, 0) is 10.5 Å². The molecule has 2 heterocycles. The molecule has 0 spiro atoms. The van der Waals surface area contributed by atoms with Gasteiger partial charge >= 0.3 is 6.18 Å². The minimum absolute atomic E-state index is 0.0816. The number of ether oxygens (including phenoxy) is 1. The third-order valence-corrected chi connectivity index (χ3v) is 2.68. The first kappa shape index (κ1) is 12.8. The standard InChI is InChI=1S/C11H12F3N3O/c1-3-18-10(11(12,13)14)9-7(2)15-5-4-8(9)16-6-17-10/h4-6H,3H2,1-2H3,(H,16,17).